The fourth-order valence-electron chi connectivity index (χ4n) is 4.24. The third kappa shape index (κ3) is 3.99. The Morgan fingerprint density at radius 3 is 2.78 bits per heavy atom. The van der Waals surface area contributed by atoms with Crippen LogP contribution in [0.25, 0.3) is 0 Å². The van der Waals surface area contributed by atoms with Gasteiger partial charge in [-0.05, 0) is 30.5 Å². The van der Waals surface area contributed by atoms with Crippen molar-refractivity contribution in [1.82, 2.24) is 9.80 Å². The minimum Gasteiger partial charge on any atom is -0.370 e. The van der Waals surface area contributed by atoms with Crippen molar-refractivity contribution in [2.45, 2.75) is 37.8 Å². The SMILES string of the molecule is O=C(C1CSCN1C(=O)C1CCCC1)N1CCOC(c2cccc(F)c2)C1. The average molecular weight is 392 g/mol. The Labute approximate surface area is 163 Å². The second-order valence-electron chi connectivity index (χ2n) is 7.50. The van der Waals surface area contributed by atoms with E-state index in [-0.39, 0.29) is 35.7 Å². The van der Waals surface area contributed by atoms with E-state index in [0.29, 0.717) is 31.3 Å². The van der Waals surface area contributed by atoms with Gasteiger partial charge in [-0.15, -0.1) is 11.8 Å². The van der Waals surface area contributed by atoms with Crippen LogP contribution in [0.15, 0.2) is 24.3 Å². The number of benzene rings is 1. The molecule has 7 heteroatoms. The minimum atomic E-state index is -0.380. The highest BCUT2D eigenvalue weighted by atomic mass is 32.2. The summed E-state index contributed by atoms with van der Waals surface area (Å²) in [7, 11) is 0. The molecule has 27 heavy (non-hydrogen) atoms. The van der Waals surface area contributed by atoms with E-state index in [1.165, 1.54) is 12.1 Å². The summed E-state index contributed by atoms with van der Waals surface area (Å²) in [6.07, 6.45) is 3.77. The Morgan fingerprint density at radius 1 is 1.19 bits per heavy atom. The molecule has 0 bridgehead atoms. The molecule has 2 saturated heterocycles. The maximum atomic E-state index is 13.5. The lowest BCUT2D eigenvalue weighted by Crippen LogP contribution is -2.53. The predicted molar refractivity (Wildman–Crippen MR) is 102 cm³/mol. The van der Waals surface area contributed by atoms with Crippen LogP contribution in [0, 0.1) is 11.7 Å². The van der Waals surface area contributed by atoms with Gasteiger partial charge < -0.3 is 14.5 Å². The molecule has 4 rings (SSSR count). The number of morpholine rings is 1. The van der Waals surface area contributed by atoms with Crippen molar-refractivity contribution in [3.63, 3.8) is 0 Å². The number of carbonyl (C=O) groups is 2. The summed E-state index contributed by atoms with van der Waals surface area (Å²) in [5.41, 5.74) is 0.743. The summed E-state index contributed by atoms with van der Waals surface area (Å²) in [6, 6.07) is 5.96. The molecule has 5 nitrogen and oxygen atoms in total. The Hall–Kier alpha value is -1.60. The Bertz CT molecular complexity index is 710. The average Bonchev–Trinajstić information content (AvgIpc) is 3.39. The van der Waals surface area contributed by atoms with Crippen LogP contribution in [0.3, 0.4) is 0 Å². The van der Waals surface area contributed by atoms with Crippen molar-refractivity contribution >= 4 is 23.6 Å². The summed E-state index contributed by atoms with van der Waals surface area (Å²) in [5, 5.41) is 0. The first-order valence-electron chi connectivity index (χ1n) is 9.67. The van der Waals surface area contributed by atoms with E-state index in [1.807, 2.05) is 6.07 Å². The van der Waals surface area contributed by atoms with Gasteiger partial charge in [0.25, 0.3) is 0 Å². The standard InChI is InChI=1S/C20H25FN2O3S/c21-16-7-3-6-15(10-16)18-11-22(8-9-26-18)20(25)17-12-27-13-23(17)19(24)14-4-1-2-5-14/h3,6-7,10,14,17-18H,1-2,4-5,8-9,11-13H2. The van der Waals surface area contributed by atoms with Crippen molar-refractivity contribution in [2.24, 2.45) is 5.92 Å². The van der Waals surface area contributed by atoms with Gasteiger partial charge in [-0.1, -0.05) is 25.0 Å². The largest absolute Gasteiger partial charge is 0.370 e. The van der Waals surface area contributed by atoms with Gasteiger partial charge in [-0.25, -0.2) is 4.39 Å². The highest BCUT2D eigenvalue weighted by molar-refractivity contribution is 7.99. The van der Waals surface area contributed by atoms with Crippen LogP contribution in [0.4, 0.5) is 4.39 Å². The maximum absolute atomic E-state index is 13.5. The van der Waals surface area contributed by atoms with Gasteiger partial charge in [0.15, 0.2) is 0 Å². The van der Waals surface area contributed by atoms with Crippen LogP contribution in [0.2, 0.25) is 0 Å². The molecule has 146 valence electrons. The van der Waals surface area contributed by atoms with Gasteiger partial charge in [-0.3, -0.25) is 9.59 Å². The molecule has 2 heterocycles. The maximum Gasteiger partial charge on any atom is 0.246 e. The number of hydrogen-bond donors (Lipinski definition) is 0. The molecule has 1 aliphatic carbocycles. The number of halogens is 1. The zero-order chi connectivity index (χ0) is 18.8. The molecule has 2 atom stereocenters. The Balaban J connectivity index is 1.44. The zero-order valence-electron chi connectivity index (χ0n) is 15.3. The lowest BCUT2D eigenvalue weighted by atomic mass is 10.0. The lowest BCUT2D eigenvalue weighted by Gasteiger charge is -2.36. The summed E-state index contributed by atoms with van der Waals surface area (Å²) < 4.78 is 19.3. The van der Waals surface area contributed by atoms with Crippen LogP contribution in [0.5, 0.6) is 0 Å². The molecule has 0 spiro atoms. The number of nitrogens with zero attached hydrogens (tertiary/aromatic N) is 2. The van der Waals surface area contributed by atoms with Crippen LogP contribution >= 0.6 is 11.8 Å². The normalized spacial score (nSPS) is 26.6. The number of hydrogen-bond acceptors (Lipinski definition) is 4. The molecule has 3 aliphatic rings. The van der Waals surface area contributed by atoms with E-state index in [2.05, 4.69) is 0 Å². The van der Waals surface area contributed by atoms with E-state index in [4.69, 9.17) is 4.74 Å². The highest BCUT2D eigenvalue weighted by Gasteiger charge is 2.41. The summed E-state index contributed by atoms with van der Waals surface area (Å²) in [5.74, 6) is 1.17. The number of ether oxygens (including phenoxy) is 1. The van der Waals surface area contributed by atoms with Gasteiger partial charge in [0.2, 0.25) is 11.8 Å². The van der Waals surface area contributed by atoms with Gasteiger partial charge in [0.1, 0.15) is 18.0 Å². The quantitative estimate of drug-likeness (QED) is 0.794. The molecule has 0 N–H and O–H groups in total. The number of carbonyl (C=O) groups excluding carboxylic acids is 2. The fourth-order valence-corrected chi connectivity index (χ4v) is 5.40. The minimum absolute atomic E-state index is 0.00366. The van der Waals surface area contributed by atoms with Crippen LogP contribution < -0.4 is 0 Å². The van der Waals surface area contributed by atoms with Crippen LogP contribution in [-0.2, 0) is 14.3 Å². The van der Waals surface area contributed by atoms with Gasteiger partial charge in [0, 0.05) is 18.2 Å². The van der Waals surface area contributed by atoms with Gasteiger partial charge in [0.05, 0.1) is 19.0 Å². The molecule has 0 aromatic heterocycles. The summed E-state index contributed by atoms with van der Waals surface area (Å²) in [6.45, 7) is 1.33. The monoisotopic (exact) mass is 392 g/mol. The molecule has 0 radical (unpaired) electrons. The van der Waals surface area contributed by atoms with Crippen LogP contribution in [-0.4, -0.2) is 59.0 Å². The fraction of sp³-hybridized carbons (Fsp3) is 0.600. The van der Waals surface area contributed by atoms with E-state index in [0.717, 1.165) is 31.2 Å². The molecule has 2 aliphatic heterocycles. The second-order valence-corrected chi connectivity index (χ2v) is 8.50. The third-order valence-corrected chi connectivity index (χ3v) is 6.77. The molecule has 2 amide bonds. The third-order valence-electron chi connectivity index (χ3n) is 5.75. The molecule has 2 unspecified atom stereocenters. The number of amides is 2. The summed E-state index contributed by atoms with van der Waals surface area (Å²) in [4.78, 5) is 29.6. The molecular weight excluding hydrogens is 367 g/mol. The molecule has 1 aromatic carbocycles. The van der Waals surface area contributed by atoms with Crippen molar-refractivity contribution < 1.29 is 18.7 Å². The molecule has 3 fully saturated rings. The van der Waals surface area contributed by atoms with Crippen molar-refractivity contribution in [3.8, 4) is 0 Å². The number of thioether (sulfide) groups is 1. The first-order valence-corrected chi connectivity index (χ1v) is 10.8. The highest BCUT2D eigenvalue weighted by Crippen LogP contribution is 2.32. The molecular formula is C20H25FN2O3S. The van der Waals surface area contributed by atoms with Gasteiger partial charge >= 0.3 is 0 Å². The zero-order valence-corrected chi connectivity index (χ0v) is 16.1. The molecule has 1 saturated carbocycles. The second kappa shape index (κ2) is 8.19. The lowest BCUT2D eigenvalue weighted by molar-refractivity contribution is -0.150. The van der Waals surface area contributed by atoms with Crippen molar-refractivity contribution in [1.29, 1.82) is 0 Å². The van der Waals surface area contributed by atoms with Crippen molar-refractivity contribution in [3.05, 3.63) is 35.6 Å². The van der Waals surface area contributed by atoms with Crippen LogP contribution in [0.1, 0.15) is 37.4 Å². The predicted octanol–water partition coefficient (Wildman–Crippen LogP) is 2.82. The van der Waals surface area contributed by atoms with Gasteiger partial charge in [-0.2, -0.15) is 0 Å². The van der Waals surface area contributed by atoms with E-state index in [1.54, 1.807) is 27.6 Å². The number of rotatable bonds is 3. The topological polar surface area (TPSA) is 49.9 Å². The van der Waals surface area contributed by atoms with E-state index >= 15 is 0 Å². The first kappa shape index (κ1) is 18.7. The van der Waals surface area contributed by atoms with E-state index < -0.39 is 0 Å². The smallest absolute Gasteiger partial charge is 0.246 e. The van der Waals surface area contributed by atoms with Crippen molar-refractivity contribution in [2.75, 3.05) is 31.3 Å². The van der Waals surface area contributed by atoms with E-state index in [9.17, 15) is 14.0 Å². The Morgan fingerprint density at radius 2 is 2.00 bits per heavy atom. The summed E-state index contributed by atoms with van der Waals surface area (Å²) >= 11 is 1.65. The molecule has 1 aromatic rings. The Kier molecular flexibility index (Phi) is 5.68. The first-order chi connectivity index (χ1) is 13.1.